The molecule has 0 amide bonds. The van der Waals surface area contributed by atoms with E-state index in [0.29, 0.717) is 21.9 Å². The minimum absolute atomic E-state index is 0.148. The number of fused-ring (bicyclic) bond motifs is 3. The van der Waals surface area contributed by atoms with Crippen LogP contribution in [-0.4, -0.2) is 46.4 Å². The summed E-state index contributed by atoms with van der Waals surface area (Å²) in [5, 5.41) is 8.60. The van der Waals surface area contributed by atoms with E-state index in [1.165, 1.54) is 0 Å². The molecule has 150 valence electrons. The molecule has 0 bridgehead atoms. The largest absolute Gasteiger partial charge is 0.490 e. The zero-order chi connectivity index (χ0) is 20.6. The number of anilines is 2. The number of aromatic nitrogens is 2. The number of benzene rings is 1. The van der Waals surface area contributed by atoms with Crippen LogP contribution in [0.3, 0.4) is 0 Å². The van der Waals surface area contributed by atoms with E-state index in [2.05, 4.69) is 14.9 Å². The van der Waals surface area contributed by atoms with Crippen LogP contribution in [0.1, 0.15) is 6.42 Å². The Labute approximate surface area is 160 Å². The molecule has 5 N–H and O–H groups in total. The smallest absolute Gasteiger partial charge is 0.475 e. The van der Waals surface area contributed by atoms with E-state index in [9.17, 15) is 13.2 Å². The van der Waals surface area contributed by atoms with Gasteiger partial charge in [0.25, 0.3) is 0 Å². The quantitative estimate of drug-likeness (QED) is 0.550. The SMILES string of the molecule is Nc1nc(N2CC[C@@H](N)C2)c2oc3ccc(Cl)cc3c2n1.O=C(O)C(F)(F)F. The molecule has 1 saturated heterocycles. The molecule has 3 aromatic rings. The second-order valence-electron chi connectivity index (χ2n) is 6.12. The first kappa shape index (κ1) is 20.0. The zero-order valence-corrected chi connectivity index (χ0v) is 15.0. The molecule has 8 nitrogen and oxygen atoms in total. The third-order valence-electron chi connectivity index (χ3n) is 4.04. The highest BCUT2D eigenvalue weighted by Crippen LogP contribution is 2.35. The van der Waals surface area contributed by atoms with Crippen LogP contribution in [0.15, 0.2) is 22.6 Å². The molecule has 1 aliphatic rings. The maximum absolute atomic E-state index is 10.6. The molecule has 3 heterocycles. The van der Waals surface area contributed by atoms with Crippen molar-refractivity contribution < 1.29 is 27.5 Å². The topological polar surface area (TPSA) is 132 Å². The van der Waals surface area contributed by atoms with Gasteiger partial charge >= 0.3 is 12.1 Å². The lowest BCUT2D eigenvalue weighted by atomic mass is 10.2. The van der Waals surface area contributed by atoms with E-state index >= 15 is 0 Å². The second-order valence-corrected chi connectivity index (χ2v) is 6.56. The summed E-state index contributed by atoms with van der Waals surface area (Å²) in [7, 11) is 0. The number of hydrogen-bond donors (Lipinski definition) is 3. The van der Waals surface area contributed by atoms with Crippen LogP contribution in [0.5, 0.6) is 0 Å². The number of nitrogens with two attached hydrogens (primary N) is 2. The number of alkyl halides is 3. The summed E-state index contributed by atoms with van der Waals surface area (Å²) in [6, 6.07) is 5.59. The molecule has 1 fully saturated rings. The minimum Gasteiger partial charge on any atom is -0.475 e. The van der Waals surface area contributed by atoms with E-state index in [4.69, 9.17) is 37.4 Å². The standard InChI is InChI=1S/C14H14ClN5O.C2HF3O2/c15-7-1-2-10-9(5-7)11-12(21-10)13(19-14(17)18-11)20-4-3-8(16)6-20;3-2(4,5)1(6)7/h1-2,5,8H,3-4,6,16H2,(H2,17,18,19);(H,6,7)/t8-;/m1./s1. The molecule has 0 unspecified atom stereocenters. The Kier molecular flexibility index (Phi) is 5.22. The van der Waals surface area contributed by atoms with Gasteiger partial charge in [-0.05, 0) is 24.6 Å². The van der Waals surface area contributed by atoms with Gasteiger partial charge in [-0.3, -0.25) is 0 Å². The normalized spacial score (nSPS) is 17.0. The van der Waals surface area contributed by atoms with Crippen LogP contribution in [0.2, 0.25) is 5.02 Å². The third-order valence-corrected chi connectivity index (χ3v) is 4.28. The predicted octanol–water partition coefficient (Wildman–Crippen LogP) is 2.78. The molecule has 2 aromatic heterocycles. The molecular formula is C16H15ClF3N5O3. The van der Waals surface area contributed by atoms with Crippen LogP contribution in [0, 0.1) is 0 Å². The summed E-state index contributed by atoms with van der Waals surface area (Å²) in [5.74, 6) is -1.83. The number of halogens is 4. The summed E-state index contributed by atoms with van der Waals surface area (Å²) in [5.41, 5.74) is 13.9. The van der Waals surface area contributed by atoms with Gasteiger partial charge in [0.1, 0.15) is 11.1 Å². The molecule has 0 aliphatic carbocycles. The Hall–Kier alpha value is -2.79. The second kappa shape index (κ2) is 7.32. The lowest BCUT2D eigenvalue weighted by Gasteiger charge is -2.16. The molecule has 1 aromatic carbocycles. The maximum atomic E-state index is 10.6. The Bertz CT molecular complexity index is 1040. The highest BCUT2D eigenvalue weighted by atomic mass is 35.5. The summed E-state index contributed by atoms with van der Waals surface area (Å²) in [6.45, 7) is 1.58. The molecule has 0 spiro atoms. The van der Waals surface area contributed by atoms with Gasteiger partial charge < -0.3 is 25.9 Å². The molecular weight excluding hydrogens is 403 g/mol. The van der Waals surface area contributed by atoms with Crippen LogP contribution in [0.4, 0.5) is 24.9 Å². The van der Waals surface area contributed by atoms with Crippen LogP contribution >= 0.6 is 11.6 Å². The van der Waals surface area contributed by atoms with Gasteiger partial charge in [0.2, 0.25) is 5.95 Å². The highest BCUT2D eigenvalue weighted by Gasteiger charge is 2.38. The number of furan rings is 1. The van der Waals surface area contributed by atoms with Crippen LogP contribution in [-0.2, 0) is 4.79 Å². The summed E-state index contributed by atoms with van der Waals surface area (Å²) < 4.78 is 37.7. The first-order valence-corrected chi connectivity index (χ1v) is 8.40. The van der Waals surface area contributed by atoms with E-state index < -0.39 is 12.1 Å². The fraction of sp³-hybridized carbons (Fsp3) is 0.312. The predicted molar refractivity (Wildman–Crippen MR) is 97.2 cm³/mol. The zero-order valence-electron chi connectivity index (χ0n) is 14.2. The van der Waals surface area contributed by atoms with E-state index in [-0.39, 0.29) is 12.0 Å². The first-order chi connectivity index (χ1) is 13.1. The molecule has 1 aliphatic heterocycles. The molecule has 1 atom stereocenters. The van der Waals surface area contributed by atoms with E-state index in [1.54, 1.807) is 6.07 Å². The van der Waals surface area contributed by atoms with Crippen molar-refractivity contribution in [2.45, 2.75) is 18.6 Å². The van der Waals surface area contributed by atoms with Gasteiger partial charge in [-0.2, -0.15) is 18.2 Å². The van der Waals surface area contributed by atoms with E-state index in [1.807, 2.05) is 12.1 Å². The Balaban J connectivity index is 0.000000279. The number of nitrogens with zero attached hydrogens (tertiary/aromatic N) is 3. The monoisotopic (exact) mass is 417 g/mol. The van der Waals surface area contributed by atoms with Gasteiger partial charge in [-0.25, -0.2) is 9.78 Å². The van der Waals surface area contributed by atoms with Crippen molar-refractivity contribution in [3.05, 3.63) is 23.2 Å². The molecule has 4 rings (SSSR count). The average molecular weight is 418 g/mol. The van der Waals surface area contributed by atoms with Crippen molar-refractivity contribution in [1.82, 2.24) is 9.97 Å². The summed E-state index contributed by atoms with van der Waals surface area (Å²) >= 11 is 6.06. The van der Waals surface area contributed by atoms with Crippen molar-refractivity contribution in [3.8, 4) is 0 Å². The van der Waals surface area contributed by atoms with Crippen molar-refractivity contribution in [2.75, 3.05) is 23.7 Å². The lowest BCUT2D eigenvalue weighted by Crippen LogP contribution is -2.27. The van der Waals surface area contributed by atoms with Gasteiger partial charge in [-0.15, -0.1) is 0 Å². The van der Waals surface area contributed by atoms with E-state index in [0.717, 1.165) is 30.5 Å². The number of carbonyl (C=O) groups is 1. The van der Waals surface area contributed by atoms with Gasteiger partial charge in [0.05, 0.1) is 0 Å². The lowest BCUT2D eigenvalue weighted by molar-refractivity contribution is -0.192. The first-order valence-electron chi connectivity index (χ1n) is 8.02. The van der Waals surface area contributed by atoms with Crippen molar-refractivity contribution in [3.63, 3.8) is 0 Å². The average Bonchev–Trinajstić information content (AvgIpc) is 3.17. The number of rotatable bonds is 1. The van der Waals surface area contributed by atoms with Crippen LogP contribution in [0.25, 0.3) is 22.1 Å². The Morgan fingerprint density at radius 2 is 2.04 bits per heavy atom. The molecule has 0 radical (unpaired) electrons. The van der Waals surface area contributed by atoms with Crippen molar-refractivity contribution in [1.29, 1.82) is 0 Å². The number of aliphatic carboxylic acids is 1. The number of carboxylic acids is 1. The third kappa shape index (κ3) is 4.04. The summed E-state index contributed by atoms with van der Waals surface area (Å²) in [4.78, 5) is 19.6. The Morgan fingerprint density at radius 1 is 1.36 bits per heavy atom. The molecule has 12 heteroatoms. The number of carboxylic acid groups (broad SMARTS) is 1. The van der Waals surface area contributed by atoms with Crippen LogP contribution < -0.4 is 16.4 Å². The molecule has 0 saturated carbocycles. The van der Waals surface area contributed by atoms with Gasteiger partial charge in [0.15, 0.2) is 11.4 Å². The fourth-order valence-corrected chi connectivity index (χ4v) is 2.98. The fourth-order valence-electron chi connectivity index (χ4n) is 2.81. The minimum atomic E-state index is -5.08. The summed E-state index contributed by atoms with van der Waals surface area (Å²) in [6.07, 6.45) is -4.16. The maximum Gasteiger partial charge on any atom is 0.490 e. The number of hydrogen-bond acceptors (Lipinski definition) is 7. The Morgan fingerprint density at radius 3 is 2.61 bits per heavy atom. The highest BCUT2D eigenvalue weighted by molar-refractivity contribution is 6.31. The van der Waals surface area contributed by atoms with Crippen molar-refractivity contribution >= 4 is 51.4 Å². The van der Waals surface area contributed by atoms with Crippen molar-refractivity contribution in [2.24, 2.45) is 5.73 Å². The van der Waals surface area contributed by atoms with Gasteiger partial charge in [0, 0.05) is 29.5 Å². The number of nitrogen functional groups attached to an aromatic ring is 1. The molecule has 28 heavy (non-hydrogen) atoms. The van der Waals surface area contributed by atoms with Gasteiger partial charge in [-0.1, -0.05) is 11.6 Å².